The molecule has 0 spiro atoms. The molecule has 1 aromatic heterocycles. The van der Waals surface area contributed by atoms with Gasteiger partial charge in [-0.1, -0.05) is 11.6 Å². The molecule has 1 N–H and O–H groups in total. The van der Waals surface area contributed by atoms with E-state index < -0.39 is 16.9 Å². The highest BCUT2D eigenvalue weighted by atomic mass is 35.5. The van der Waals surface area contributed by atoms with Crippen LogP contribution >= 0.6 is 11.6 Å². The maximum atomic E-state index is 12.6. The third-order valence-corrected chi connectivity index (χ3v) is 2.82. The van der Waals surface area contributed by atoms with Crippen molar-refractivity contribution in [3.8, 4) is 0 Å². The van der Waals surface area contributed by atoms with Crippen LogP contribution in [0.5, 0.6) is 0 Å². The number of aromatic nitrogens is 1. The van der Waals surface area contributed by atoms with Crippen LogP contribution < -0.4 is 0 Å². The van der Waals surface area contributed by atoms with Crippen molar-refractivity contribution >= 4 is 28.3 Å². The molecule has 0 aliphatic carbocycles. The van der Waals surface area contributed by atoms with E-state index in [1.807, 2.05) is 0 Å². The van der Waals surface area contributed by atoms with Gasteiger partial charge in [0.15, 0.2) is 5.78 Å². The van der Waals surface area contributed by atoms with Gasteiger partial charge >= 0.3 is 6.18 Å². The number of benzene rings is 1. The summed E-state index contributed by atoms with van der Waals surface area (Å²) < 4.78 is 37.7. The number of halogens is 4. The number of hydrogen-bond donors (Lipinski definition) is 1. The molecule has 17 heavy (non-hydrogen) atoms. The zero-order valence-electron chi connectivity index (χ0n) is 8.65. The number of hydrogen-bond acceptors (Lipinski definition) is 1. The Labute approximate surface area is 99.4 Å². The molecule has 0 fully saturated rings. The van der Waals surface area contributed by atoms with Crippen LogP contribution in [0.25, 0.3) is 10.9 Å². The SMILES string of the molecule is CC(=O)c1ccc2[nH]c(C(F)(F)F)c(Cl)c2c1. The van der Waals surface area contributed by atoms with Crippen LogP contribution in [0.1, 0.15) is 23.0 Å². The first-order valence-electron chi connectivity index (χ1n) is 4.70. The summed E-state index contributed by atoms with van der Waals surface area (Å²) >= 11 is 5.66. The van der Waals surface area contributed by atoms with E-state index in [-0.39, 0.29) is 16.7 Å². The van der Waals surface area contributed by atoms with Crippen LogP contribution in [0.15, 0.2) is 18.2 Å². The molecule has 1 heterocycles. The van der Waals surface area contributed by atoms with E-state index in [0.717, 1.165) is 0 Å². The van der Waals surface area contributed by atoms with Gasteiger partial charge in [0.2, 0.25) is 0 Å². The van der Waals surface area contributed by atoms with Gasteiger partial charge in [0.05, 0.1) is 5.02 Å². The fraction of sp³-hybridized carbons (Fsp3) is 0.182. The summed E-state index contributed by atoms with van der Waals surface area (Å²) in [6, 6.07) is 4.22. The van der Waals surface area contributed by atoms with E-state index in [4.69, 9.17) is 11.6 Å². The molecule has 1 aromatic carbocycles. The fourth-order valence-electron chi connectivity index (χ4n) is 1.57. The summed E-state index contributed by atoms with van der Waals surface area (Å²) in [6.07, 6.45) is -4.54. The van der Waals surface area contributed by atoms with E-state index in [2.05, 4.69) is 4.98 Å². The zero-order chi connectivity index (χ0) is 12.8. The first kappa shape index (κ1) is 12.0. The average molecular weight is 262 g/mol. The van der Waals surface area contributed by atoms with Gasteiger partial charge in [0.25, 0.3) is 0 Å². The third kappa shape index (κ3) is 2.02. The average Bonchev–Trinajstić information content (AvgIpc) is 2.55. The Balaban J connectivity index is 2.71. The van der Waals surface area contributed by atoms with Crippen molar-refractivity contribution in [2.45, 2.75) is 13.1 Å². The number of aromatic amines is 1. The van der Waals surface area contributed by atoms with E-state index in [9.17, 15) is 18.0 Å². The smallest absolute Gasteiger partial charge is 0.350 e. The second-order valence-corrected chi connectivity index (χ2v) is 4.01. The van der Waals surface area contributed by atoms with Crippen LogP contribution in [0.3, 0.4) is 0 Å². The highest BCUT2D eigenvalue weighted by molar-refractivity contribution is 6.36. The number of alkyl halides is 3. The van der Waals surface area contributed by atoms with Gasteiger partial charge in [-0.05, 0) is 25.1 Å². The standard InChI is InChI=1S/C11H7ClF3NO/c1-5(17)6-2-3-8-7(4-6)9(12)10(16-8)11(13,14)15/h2-4,16H,1H3. The Morgan fingerprint density at radius 2 is 2.00 bits per heavy atom. The van der Waals surface area contributed by atoms with Crippen molar-refractivity contribution in [2.75, 3.05) is 0 Å². The normalized spacial score (nSPS) is 12.1. The summed E-state index contributed by atoms with van der Waals surface area (Å²) in [5.74, 6) is -0.224. The Morgan fingerprint density at radius 3 is 2.53 bits per heavy atom. The number of carbonyl (C=O) groups is 1. The van der Waals surface area contributed by atoms with Gasteiger partial charge in [-0.3, -0.25) is 4.79 Å². The highest BCUT2D eigenvalue weighted by Gasteiger charge is 2.36. The van der Waals surface area contributed by atoms with Crippen LogP contribution in [-0.2, 0) is 6.18 Å². The molecule has 0 amide bonds. The van der Waals surface area contributed by atoms with Crippen LogP contribution in [0.4, 0.5) is 13.2 Å². The molecule has 2 rings (SSSR count). The predicted octanol–water partition coefficient (Wildman–Crippen LogP) is 4.04. The zero-order valence-corrected chi connectivity index (χ0v) is 9.41. The van der Waals surface area contributed by atoms with Gasteiger partial charge in [-0.15, -0.1) is 0 Å². The van der Waals surface area contributed by atoms with Crippen molar-refractivity contribution in [1.29, 1.82) is 0 Å². The Kier molecular flexibility index (Phi) is 2.66. The lowest BCUT2D eigenvalue weighted by Gasteiger charge is -2.02. The van der Waals surface area contributed by atoms with Crippen molar-refractivity contribution < 1.29 is 18.0 Å². The monoisotopic (exact) mass is 261 g/mol. The second-order valence-electron chi connectivity index (χ2n) is 3.63. The fourth-order valence-corrected chi connectivity index (χ4v) is 1.88. The van der Waals surface area contributed by atoms with Gasteiger partial charge in [0.1, 0.15) is 5.69 Å². The lowest BCUT2D eigenvalue weighted by atomic mass is 10.1. The molecule has 0 aliphatic rings. The minimum Gasteiger partial charge on any atom is -0.350 e. The van der Waals surface area contributed by atoms with Crippen LogP contribution in [0, 0.1) is 0 Å². The van der Waals surface area contributed by atoms with Gasteiger partial charge in [0, 0.05) is 16.5 Å². The number of rotatable bonds is 1. The predicted molar refractivity (Wildman–Crippen MR) is 58.3 cm³/mol. The second kappa shape index (κ2) is 3.77. The molecule has 0 unspecified atom stereocenters. The largest absolute Gasteiger partial charge is 0.432 e. The Morgan fingerprint density at radius 1 is 1.35 bits per heavy atom. The molecule has 0 saturated heterocycles. The number of fused-ring (bicyclic) bond motifs is 1. The van der Waals surface area contributed by atoms with Gasteiger partial charge in [-0.2, -0.15) is 13.2 Å². The summed E-state index contributed by atoms with van der Waals surface area (Å²) in [7, 11) is 0. The maximum Gasteiger partial charge on any atom is 0.432 e. The quantitative estimate of drug-likeness (QED) is 0.772. The van der Waals surface area contributed by atoms with Crippen LogP contribution in [0.2, 0.25) is 5.02 Å². The summed E-state index contributed by atoms with van der Waals surface area (Å²) in [6.45, 7) is 1.34. The highest BCUT2D eigenvalue weighted by Crippen LogP contribution is 2.38. The first-order chi connectivity index (χ1) is 7.80. The van der Waals surface area contributed by atoms with Crippen molar-refractivity contribution in [1.82, 2.24) is 4.98 Å². The van der Waals surface area contributed by atoms with Crippen molar-refractivity contribution in [3.63, 3.8) is 0 Å². The number of carbonyl (C=O) groups excluding carboxylic acids is 1. The topological polar surface area (TPSA) is 32.9 Å². The molecule has 0 aliphatic heterocycles. The minimum atomic E-state index is -4.54. The summed E-state index contributed by atoms with van der Waals surface area (Å²) in [4.78, 5) is 13.3. The molecule has 0 radical (unpaired) electrons. The van der Waals surface area contributed by atoms with E-state index in [1.54, 1.807) is 0 Å². The van der Waals surface area contributed by atoms with E-state index in [1.165, 1.54) is 25.1 Å². The number of ketones is 1. The van der Waals surface area contributed by atoms with Gasteiger partial charge < -0.3 is 4.98 Å². The molecule has 2 aromatic rings. The lowest BCUT2D eigenvalue weighted by molar-refractivity contribution is -0.140. The molecular formula is C11H7ClF3NO. The molecule has 6 heteroatoms. The summed E-state index contributed by atoms with van der Waals surface area (Å²) in [5, 5.41) is -0.206. The van der Waals surface area contributed by atoms with E-state index in [0.29, 0.717) is 5.56 Å². The maximum absolute atomic E-state index is 12.6. The van der Waals surface area contributed by atoms with Crippen molar-refractivity contribution in [2.24, 2.45) is 0 Å². The van der Waals surface area contributed by atoms with Gasteiger partial charge in [-0.25, -0.2) is 0 Å². The number of Topliss-reactive ketones (excluding diaryl/α,β-unsaturated/α-hetero) is 1. The Hall–Kier alpha value is -1.49. The Bertz CT molecular complexity index is 601. The molecule has 0 saturated carbocycles. The lowest BCUT2D eigenvalue weighted by Crippen LogP contribution is -2.05. The molecule has 0 atom stereocenters. The first-order valence-corrected chi connectivity index (χ1v) is 5.08. The number of nitrogens with one attached hydrogen (secondary N) is 1. The third-order valence-electron chi connectivity index (χ3n) is 2.43. The molecule has 2 nitrogen and oxygen atoms in total. The van der Waals surface area contributed by atoms with E-state index >= 15 is 0 Å². The van der Waals surface area contributed by atoms with Crippen molar-refractivity contribution in [3.05, 3.63) is 34.5 Å². The summed E-state index contributed by atoms with van der Waals surface area (Å²) in [5.41, 5.74) is -0.408. The molecule has 0 bridgehead atoms. The minimum absolute atomic E-state index is 0.201. The molecule has 90 valence electrons. The molecular weight excluding hydrogens is 255 g/mol. The van der Waals surface area contributed by atoms with Crippen LogP contribution in [-0.4, -0.2) is 10.8 Å². The number of H-pyrrole nitrogens is 1.